The van der Waals surface area contributed by atoms with Gasteiger partial charge in [-0.15, -0.1) is 0 Å². The lowest BCUT2D eigenvalue weighted by Crippen LogP contribution is -2.17. The molecule has 0 N–H and O–H groups in total. The van der Waals surface area contributed by atoms with Crippen molar-refractivity contribution in [3.63, 3.8) is 0 Å². The van der Waals surface area contributed by atoms with Gasteiger partial charge >= 0.3 is 18.5 Å². The first-order valence-corrected chi connectivity index (χ1v) is 12.9. The zero-order chi connectivity index (χ0) is 41.5. The lowest BCUT2D eigenvalue weighted by Gasteiger charge is -2.14. The molecule has 0 atom stereocenters. The highest BCUT2D eigenvalue weighted by molar-refractivity contribution is 6.12. The molecule has 1 fully saturated rings. The predicted octanol–water partition coefficient (Wildman–Crippen LogP) is 10.7. The molecule has 1 aliphatic carbocycles. The van der Waals surface area contributed by atoms with E-state index in [2.05, 4.69) is 0 Å². The van der Waals surface area contributed by atoms with Crippen molar-refractivity contribution in [3.05, 3.63) is 120 Å². The molecule has 0 aromatic heterocycles. The normalized spacial score (nSPS) is 16.1. The minimum Gasteiger partial charge on any atom is -0.205 e. The molecular weight excluding hydrogens is 801 g/mol. The highest BCUT2D eigenvalue weighted by Gasteiger charge is 2.50. The van der Waals surface area contributed by atoms with Crippen LogP contribution in [0.5, 0.6) is 0 Å². The predicted molar refractivity (Wildman–Crippen MR) is 131 cm³/mol. The Morgan fingerprint density at radius 1 is 0.296 bits per heavy atom. The van der Waals surface area contributed by atoms with Gasteiger partial charge in [-0.1, -0.05) is 0 Å². The van der Waals surface area contributed by atoms with E-state index in [1.54, 1.807) is 0 Å². The monoisotopic (exact) mass is 801 g/mol. The van der Waals surface area contributed by atoms with E-state index in [0.717, 1.165) is 0 Å². The molecule has 3 nitrogen and oxygen atoms in total. The smallest absolute Gasteiger partial charge is 0.205 e. The maximum Gasteiger partial charge on any atom is 0.422 e. The highest BCUT2D eigenvalue weighted by atomic mass is 19.4. The second-order valence-electron chi connectivity index (χ2n) is 10.1. The molecule has 0 heterocycles. The third-order valence-corrected chi connectivity index (χ3v) is 7.16. The van der Waals surface area contributed by atoms with Crippen LogP contribution in [0.3, 0.4) is 0 Å². The van der Waals surface area contributed by atoms with Gasteiger partial charge in [-0.2, -0.15) is 55.3 Å². The first-order valence-electron chi connectivity index (χ1n) is 12.9. The first kappa shape index (κ1) is 40.6. The van der Waals surface area contributed by atoms with E-state index in [1.165, 1.54) is 0 Å². The number of halogens is 21. The molecule has 1 saturated carbocycles. The SMILES string of the molecule is N#CC(=C1C(=C(/C#N)c2c(F)c(F)c(C(F)(F)F)c(F)c2F)/C1=C(/C#N)c1c(F)c(F)c(C(F)(F)F)c(F)c1F)c1c(F)c(F)c(F)c(C(F)(F)F)c1F. The molecular formula is C30F21N3. The maximum absolute atomic E-state index is 15.2. The average Bonchev–Trinajstić information content (AvgIpc) is 3.76. The summed E-state index contributed by atoms with van der Waals surface area (Å²) in [5.41, 5.74) is -31.1. The Hall–Kier alpha value is -6.12. The Kier molecular flexibility index (Phi) is 9.84. The molecule has 3 aromatic carbocycles. The second kappa shape index (κ2) is 13.1. The number of benzene rings is 3. The zero-order valence-corrected chi connectivity index (χ0v) is 24.3. The number of alkyl halides is 9. The Balaban J connectivity index is 2.40. The summed E-state index contributed by atoms with van der Waals surface area (Å²) in [5, 5.41) is 29.0. The van der Waals surface area contributed by atoms with Crippen molar-refractivity contribution in [1.82, 2.24) is 0 Å². The summed E-state index contributed by atoms with van der Waals surface area (Å²) in [4.78, 5) is 0. The van der Waals surface area contributed by atoms with Crippen LogP contribution >= 0.6 is 0 Å². The number of nitriles is 3. The standard InChI is InChI=1S/C30F21N3/c31-16-10(21(36)27(42)26(41)13(16)28(43,44)45)4(1-52)7-8(5(2-53)11-17(32)22(37)14(29(46,47)48)23(38)18(11)33)9(7)6(3-54)12-19(34)24(39)15(30(49,50)51)25(40)20(12)35/b7-4?,8-5-,9-6+. The number of hydrogen-bond acceptors (Lipinski definition) is 3. The molecule has 282 valence electrons. The van der Waals surface area contributed by atoms with E-state index in [-0.39, 0.29) is 0 Å². The van der Waals surface area contributed by atoms with E-state index in [9.17, 15) is 86.0 Å². The fourth-order valence-electron chi connectivity index (χ4n) is 4.95. The van der Waals surface area contributed by atoms with Crippen LogP contribution in [0.15, 0.2) is 16.7 Å². The molecule has 24 heteroatoms. The van der Waals surface area contributed by atoms with Gasteiger partial charge < -0.3 is 0 Å². The molecule has 0 aliphatic heterocycles. The Morgan fingerprint density at radius 3 is 0.704 bits per heavy atom. The fraction of sp³-hybridized carbons (Fsp3) is 0.100. The molecule has 0 bridgehead atoms. The summed E-state index contributed by atoms with van der Waals surface area (Å²) in [6, 6.07) is 1.70. The van der Waals surface area contributed by atoms with Crippen LogP contribution in [0, 0.1) is 104 Å². The van der Waals surface area contributed by atoms with Gasteiger partial charge in [0.05, 0.1) is 33.4 Å². The van der Waals surface area contributed by atoms with Gasteiger partial charge in [0.15, 0.2) is 64.0 Å². The summed E-state index contributed by atoms with van der Waals surface area (Å²) < 4.78 is 296. The minimum atomic E-state index is -6.36. The van der Waals surface area contributed by atoms with Crippen molar-refractivity contribution in [2.45, 2.75) is 18.5 Å². The summed E-state index contributed by atoms with van der Waals surface area (Å²) in [5.74, 6) is -39.6. The van der Waals surface area contributed by atoms with E-state index in [1.807, 2.05) is 0 Å². The van der Waals surface area contributed by atoms with Crippen molar-refractivity contribution in [3.8, 4) is 18.2 Å². The molecule has 0 amide bonds. The fourth-order valence-corrected chi connectivity index (χ4v) is 4.95. The van der Waals surface area contributed by atoms with Crippen molar-refractivity contribution in [2.75, 3.05) is 0 Å². The van der Waals surface area contributed by atoms with Crippen LogP contribution in [0.1, 0.15) is 33.4 Å². The molecule has 1 aliphatic rings. The number of rotatable bonds is 3. The Labute approximate surface area is 282 Å². The molecule has 0 radical (unpaired) electrons. The largest absolute Gasteiger partial charge is 0.422 e. The van der Waals surface area contributed by atoms with Crippen LogP contribution in [-0.2, 0) is 18.5 Å². The number of nitrogens with zero attached hydrogens (tertiary/aromatic N) is 3. The van der Waals surface area contributed by atoms with Crippen LogP contribution in [0.2, 0.25) is 0 Å². The molecule has 54 heavy (non-hydrogen) atoms. The van der Waals surface area contributed by atoms with Gasteiger partial charge in [-0.05, 0) is 0 Å². The van der Waals surface area contributed by atoms with Gasteiger partial charge in [-0.25, -0.2) is 52.7 Å². The molecule has 4 rings (SSSR count). The van der Waals surface area contributed by atoms with Gasteiger partial charge in [0.1, 0.15) is 40.7 Å². The lowest BCUT2D eigenvalue weighted by molar-refractivity contribution is -0.144. The van der Waals surface area contributed by atoms with Crippen LogP contribution < -0.4 is 0 Å². The highest BCUT2D eigenvalue weighted by Crippen LogP contribution is 2.58. The van der Waals surface area contributed by atoms with Crippen LogP contribution in [0.25, 0.3) is 16.7 Å². The quantitative estimate of drug-likeness (QED) is 0.115. The van der Waals surface area contributed by atoms with Gasteiger partial charge in [-0.3, -0.25) is 0 Å². The lowest BCUT2D eigenvalue weighted by atomic mass is 9.98. The molecule has 0 saturated heterocycles. The Morgan fingerprint density at radius 2 is 0.481 bits per heavy atom. The molecule has 0 unspecified atom stereocenters. The van der Waals surface area contributed by atoms with Gasteiger partial charge in [0, 0.05) is 16.7 Å². The van der Waals surface area contributed by atoms with Gasteiger partial charge in [0.25, 0.3) is 0 Å². The summed E-state index contributed by atoms with van der Waals surface area (Å²) in [6.07, 6.45) is -18.9. The summed E-state index contributed by atoms with van der Waals surface area (Å²) in [7, 11) is 0. The van der Waals surface area contributed by atoms with Crippen molar-refractivity contribution in [1.29, 1.82) is 15.8 Å². The van der Waals surface area contributed by atoms with Crippen molar-refractivity contribution < 1.29 is 92.2 Å². The van der Waals surface area contributed by atoms with E-state index in [0.29, 0.717) is 18.2 Å². The van der Waals surface area contributed by atoms with Crippen molar-refractivity contribution in [2.24, 2.45) is 0 Å². The number of hydrogen-bond donors (Lipinski definition) is 0. The average molecular weight is 801 g/mol. The molecule has 0 spiro atoms. The topological polar surface area (TPSA) is 71.4 Å². The maximum atomic E-state index is 15.2. The van der Waals surface area contributed by atoms with Crippen molar-refractivity contribution >= 4 is 16.7 Å². The van der Waals surface area contributed by atoms with Gasteiger partial charge in [0.2, 0.25) is 0 Å². The number of allylic oxidation sites excluding steroid dienone is 6. The van der Waals surface area contributed by atoms with E-state index in [4.69, 9.17) is 0 Å². The molecule has 3 aromatic rings. The third kappa shape index (κ3) is 6.02. The Bertz CT molecular complexity index is 2260. The van der Waals surface area contributed by atoms with E-state index >= 15 is 22.0 Å². The summed E-state index contributed by atoms with van der Waals surface area (Å²) in [6.45, 7) is 0. The first-order chi connectivity index (χ1) is 24.6. The summed E-state index contributed by atoms with van der Waals surface area (Å²) >= 11 is 0. The third-order valence-electron chi connectivity index (χ3n) is 7.16. The van der Waals surface area contributed by atoms with E-state index < -0.39 is 155 Å². The van der Waals surface area contributed by atoms with Crippen LogP contribution in [0.4, 0.5) is 92.2 Å². The zero-order valence-electron chi connectivity index (χ0n) is 24.3. The van der Waals surface area contributed by atoms with Crippen LogP contribution in [-0.4, -0.2) is 0 Å². The minimum absolute atomic E-state index is 0.557. The second-order valence-corrected chi connectivity index (χ2v) is 10.1.